The van der Waals surface area contributed by atoms with Crippen LogP contribution in [-0.4, -0.2) is 58.1 Å². The summed E-state index contributed by atoms with van der Waals surface area (Å²) in [6.07, 6.45) is -5.90. The van der Waals surface area contributed by atoms with Gasteiger partial charge in [-0.15, -0.1) is 0 Å². The molecule has 0 spiro atoms. The lowest BCUT2D eigenvalue weighted by molar-refractivity contribution is -0.205. The maximum atomic E-state index is 9.71. The van der Waals surface area contributed by atoms with Crippen molar-refractivity contribution in [3.8, 4) is 0 Å². The van der Waals surface area contributed by atoms with Crippen LogP contribution < -0.4 is 0 Å². The summed E-state index contributed by atoms with van der Waals surface area (Å²) in [4.78, 5) is 0. The molecule has 0 radical (unpaired) electrons. The van der Waals surface area contributed by atoms with Gasteiger partial charge in [0.2, 0.25) is 0 Å². The molecule has 1 saturated heterocycles. The summed E-state index contributed by atoms with van der Waals surface area (Å²) in [5.74, 6) is 0. The molecule has 0 bridgehead atoms. The summed E-state index contributed by atoms with van der Waals surface area (Å²) in [5, 5.41) is 37.0. The number of benzene rings is 1. The number of alkyl halides is 1. The second kappa shape index (κ2) is 6.36. The summed E-state index contributed by atoms with van der Waals surface area (Å²) in [6.45, 7) is -0.716. The van der Waals surface area contributed by atoms with Gasteiger partial charge in [-0.2, -0.15) is 0 Å². The minimum Gasteiger partial charge on any atom is -0.388 e. The van der Waals surface area contributed by atoms with Crippen molar-refractivity contribution < 1.29 is 29.9 Å². The third kappa shape index (κ3) is 3.29. The molecule has 1 heterocycles. The third-order valence-corrected chi connectivity index (χ3v) is 3.57. The van der Waals surface area contributed by atoms with Crippen molar-refractivity contribution >= 4 is 11.6 Å². The number of hydrogen-bond donors (Lipinski definition) is 4. The lowest BCUT2D eigenvalue weighted by Crippen LogP contribution is -2.46. The Morgan fingerprint density at radius 2 is 1.35 bits per heavy atom. The Labute approximate surface area is 121 Å². The van der Waals surface area contributed by atoms with E-state index in [4.69, 9.17) is 21.1 Å². The van der Waals surface area contributed by atoms with E-state index < -0.39 is 29.7 Å². The van der Waals surface area contributed by atoms with Gasteiger partial charge < -0.3 is 29.9 Å². The molecule has 112 valence electrons. The van der Waals surface area contributed by atoms with E-state index in [2.05, 4.69) is 0 Å². The van der Waals surface area contributed by atoms with Crippen LogP contribution in [0.5, 0.6) is 0 Å². The first kappa shape index (κ1) is 15.7. The Morgan fingerprint density at radius 3 is 1.80 bits per heavy atom. The fraction of sp³-hybridized carbons (Fsp3) is 0.538. The maximum absolute atomic E-state index is 9.71. The molecule has 0 amide bonds. The van der Waals surface area contributed by atoms with Gasteiger partial charge in [-0.25, -0.2) is 0 Å². The van der Waals surface area contributed by atoms with Crippen LogP contribution in [0.15, 0.2) is 30.3 Å². The molecule has 7 heteroatoms. The fourth-order valence-corrected chi connectivity index (χ4v) is 2.14. The second-order valence-electron chi connectivity index (χ2n) is 4.64. The van der Waals surface area contributed by atoms with E-state index in [-0.39, 0.29) is 13.2 Å². The average molecular weight is 305 g/mol. The standard InChI is InChI=1S/C13H17ClO6/c14-13(8-4-2-1-3-5-8)19-6-9(15)11(17)12(18)10(16)7-20-13/h1-5,9-12,15-18H,6-7H2/t9-,10+,11-,12-,13?/m1/s1. The highest BCUT2D eigenvalue weighted by atomic mass is 35.5. The SMILES string of the molecule is O[C@H]1[C@H](O)[C@@H](O)COC(Cl)(c2ccccc2)OC[C@H]1O. The van der Waals surface area contributed by atoms with Gasteiger partial charge in [0.1, 0.15) is 24.4 Å². The van der Waals surface area contributed by atoms with Gasteiger partial charge in [0.25, 0.3) is 5.25 Å². The zero-order chi connectivity index (χ0) is 14.8. The average Bonchev–Trinajstić information content (AvgIpc) is 2.51. The molecular formula is C13H17ClO6. The predicted octanol–water partition coefficient (Wildman–Crippen LogP) is -0.474. The second-order valence-corrected chi connectivity index (χ2v) is 5.14. The molecule has 1 aliphatic heterocycles. The summed E-state index contributed by atoms with van der Waals surface area (Å²) in [7, 11) is 0. The number of aliphatic hydroxyl groups is 4. The third-order valence-electron chi connectivity index (χ3n) is 3.14. The summed E-state index contributed by atoms with van der Waals surface area (Å²) < 4.78 is 10.7. The van der Waals surface area contributed by atoms with Crippen LogP contribution in [0, 0.1) is 0 Å². The van der Waals surface area contributed by atoms with Crippen LogP contribution in [0.25, 0.3) is 0 Å². The van der Waals surface area contributed by atoms with Crippen molar-refractivity contribution in [1.29, 1.82) is 0 Å². The van der Waals surface area contributed by atoms with Crippen molar-refractivity contribution in [2.24, 2.45) is 0 Å². The van der Waals surface area contributed by atoms with Gasteiger partial charge in [0, 0.05) is 5.56 Å². The van der Waals surface area contributed by atoms with Crippen molar-refractivity contribution in [2.45, 2.75) is 29.7 Å². The smallest absolute Gasteiger partial charge is 0.276 e. The Morgan fingerprint density at radius 1 is 0.900 bits per heavy atom. The van der Waals surface area contributed by atoms with E-state index in [1.165, 1.54) is 0 Å². The summed E-state index contributed by atoms with van der Waals surface area (Å²) in [6, 6.07) is 8.58. The molecule has 1 aliphatic rings. The van der Waals surface area contributed by atoms with Gasteiger partial charge in [-0.3, -0.25) is 0 Å². The van der Waals surface area contributed by atoms with E-state index in [0.29, 0.717) is 5.56 Å². The van der Waals surface area contributed by atoms with Gasteiger partial charge in [0.05, 0.1) is 13.2 Å². The highest BCUT2D eigenvalue weighted by Crippen LogP contribution is 2.33. The molecule has 20 heavy (non-hydrogen) atoms. The van der Waals surface area contributed by atoms with Crippen molar-refractivity contribution in [3.05, 3.63) is 35.9 Å². The number of aliphatic hydroxyl groups excluding tert-OH is 4. The largest absolute Gasteiger partial charge is 0.388 e. The number of rotatable bonds is 1. The fourth-order valence-electron chi connectivity index (χ4n) is 1.88. The Hall–Kier alpha value is -0.730. The maximum Gasteiger partial charge on any atom is 0.276 e. The van der Waals surface area contributed by atoms with Crippen molar-refractivity contribution in [2.75, 3.05) is 13.2 Å². The molecule has 1 fully saturated rings. The van der Waals surface area contributed by atoms with Crippen LogP contribution in [0.4, 0.5) is 0 Å². The van der Waals surface area contributed by atoms with Crippen LogP contribution in [0.3, 0.4) is 0 Å². The molecule has 4 N–H and O–H groups in total. The van der Waals surface area contributed by atoms with Gasteiger partial charge in [-0.1, -0.05) is 41.9 Å². The predicted molar refractivity (Wildman–Crippen MR) is 69.9 cm³/mol. The molecule has 0 aromatic heterocycles. The van der Waals surface area contributed by atoms with E-state index >= 15 is 0 Å². The Bertz CT molecular complexity index is 410. The topological polar surface area (TPSA) is 99.4 Å². The van der Waals surface area contributed by atoms with Gasteiger partial charge in [0.15, 0.2) is 0 Å². The van der Waals surface area contributed by atoms with Crippen LogP contribution in [0.1, 0.15) is 5.56 Å². The Balaban J connectivity index is 2.24. The first-order valence-electron chi connectivity index (χ1n) is 6.18. The monoisotopic (exact) mass is 304 g/mol. The minimum atomic E-state index is -1.70. The first-order chi connectivity index (χ1) is 9.44. The quantitative estimate of drug-likeness (QED) is 0.523. The Kier molecular flexibility index (Phi) is 4.98. The normalized spacial score (nSPS) is 39.6. The number of halogens is 1. The molecule has 1 unspecified atom stereocenters. The van der Waals surface area contributed by atoms with E-state index in [0.717, 1.165) is 0 Å². The molecule has 6 nitrogen and oxygen atoms in total. The lowest BCUT2D eigenvalue weighted by Gasteiger charge is -2.28. The summed E-state index contributed by atoms with van der Waals surface area (Å²) >= 11 is 6.25. The lowest BCUT2D eigenvalue weighted by atomic mass is 10.0. The molecule has 0 aliphatic carbocycles. The summed E-state index contributed by atoms with van der Waals surface area (Å²) in [5.41, 5.74) is 0.479. The minimum absolute atomic E-state index is 0.358. The van der Waals surface area contributed by atoms with Gasteiger partial charge in [-0.05, 0) is 0 Å². The van der Waals surface area contributed by atoms with Crippen molar-refractivity contribution in [3.63, 3.8) is 0 Å². The zero-order valence-electron chi connectivity index (χ0n) is 10.6. The van der Waals surface area contributed by atoms with Crippen LogP contribution in [0.2, 0.25) is 0 Å². The zero-order valence-corrected chi connectivity index (χ0v) is 11.3. The molecular weight excluding hydrogens is 288 g/mol. The highest BCUT2D eigenvalue weighted by molar-refractivity contribution is 6.22. The van der Waals surface area contributed by atoms with Crippen LogP contribution in [-0.2, 0) is 14.7 Å². The molecule has 1 aromatic rings. The molecule has 1 aromatic carbocycles. The van der Waals surface area contributed by atoms with Crippen molar-refractivity contribution in [1.82, 2.24) is 0 Å². The van der Waals surface area contributed by atoms with Gasteiger partial charge >= 0.3 is 0 Å². The number of ether oxygens (including phenoxy) is 2. The molecule has 5 atom stereocenters. The molecule has 2 rings (SSSR count). The van der Waals surface area contributed by atoms with E-state index in [9.17, 15) is 20.4 Å². The number of hydrogen-bond acceptors (Lipinski definition) is 6. The van der Waals surface area contributed by atoms with E-state index in [1.54, 1.807) is 30.3 Å². The van der Waals surface area contributed by atoms with Crippen LogP contribution >= 0.6 is 11.6 Å². The van der Waals surface area contributed by atoms with E-state index in [1.807, 2.05) is 0 Å². The first-order valence-corrected chi connectivity index (χ1v) is 6.56. The highest BCUT2D eigenvalue weighted by Gasteiger charge is 2.40. The molecule has 0 saturated carbocycles.